The molecular weight excluding hydrogens is 230 g/mol. The van der Waals surface area contributed by atoms with E-state index in [0.717, 1.165) is 6.54 Å². The van der Waals surface area contributed by atoms with Crippen molar-refractivity contribution >= 4 is 0 Å². The molecule has 1 aromatic rings. The van der Waals surface area contributed by atoms with Crippen molar-refractivity contribution in [2.24, 2.45) is 0 Å². The van der Waals surface area contributed by atoms with Crippen molar-refractivity contribution in [2.75, 3.05) is 6.54 Å². The van der Waals surface area contributed by atoms with Gasteiger partial charge in [0.25, 0.3) is 0 Å². The standard InChI is InChI=1S/C18H29N/c1-4-19-18-9-7-5-6-8-17(18)16-12-10-15(11-13-16)14(2)3/h10-14,17-19H,4-9H2,1-3H3. The van der Waals surface area contributed by atoms with Crippen molar-refractivity contribution in [1.82, 2.24) is 5.32 Å². The van der Waals surface area contributed by atoms with Gasteiger partial charge >= 0.3 is 0 Å². The third kappa shape index (κ3) is 3.82. The first-order chi connectivity index (χ1) is 9.22. The molecule has 1 aliphatic rings. The van der Waals surface area contributed by atoms with Gasteiger partial charge in [-0.3, -0.25) is 0 Å². The van der Waals surface area contributed by atoms with Crippen LogP contribution in [-0.2, 0) is 0 Å². The van der Waals surface area contributed by atoms with Gasteiger partial charge in [0.1, 0.15) is 0 Å². The van der Waals surface area contributed by atoms with Gasteiger partial charge in [-0.15, -0.1) is 0 Å². The summed E-state index contributed by atoms with van der Waals surface area (Å²) in [7, 11) is 0. The molecule has 0 aromatic heterocycles. The van der Waals surface area contributed by atoms with Crippen LogP contribution in [0.5, 0.6) is 0 Å². The molecule has 0 heterocycles. The summed E-state index contributed by atoms with van der Waals surface area (Å²) in [5.41, 5.74) is 3.00. The molecule has 1 saturated carbocycles. The van der Waals surface area contributed by atoms with Gasteiger partial charge in [-0.05, 0) is 42.3 Å². The van der Waals surface area contributed by atoms with Gasteiger partial charge in [0.15, 0.2) is 0 Å². The SMILES string of the molecule is CCNC1CCCCCC1c1ccc(C(C)C)cc1. The van der Waals surface area contributed by atoms with Crippen LogP contribution in [-0.4, -0.2) is 12.6 Å². The van der Waals surface area contributed by atoms with Gasteiger partial charge in [0, 0.05) is 6.04 Å². The van der Waals surface area contributed by atoms with Crippen LogP contribution in [0.3, 0.4) is 0 Å². The molecule has 1 N–H and O–H groups in total. The van der Waals surface area contributed by atoms with Crippen molar-refractivity contribution in [3.63, 3.8) is 0 Å². The molecule has 2 rings (SSSR count). The zero-order valence-corrected chi connectivity index (χ0v) is 12.8. The minimum atomic E-state index is 0.632. The average Bonchev–Trinajstić information content (AvgIpc) is 2.65. The van der Waals surface area contributed by atoms with Gasteiger partial charge in [-0.25, -0.2) is 0 Å². The van der Waals surface area contributed by atoms with Crippen LogP contribution in [0.15, 0.2) is 24.3 Å². The van der Waals surface area contributed by atoms with Gasteiger partial charge in [0.2, 0.25) is 0 Å². The first-order valence-corrected chi connectivity index (χ1v) is 8.05. The number of nitrogens with one attached hydrogen (secondary N) is 1. The second kappa shape index (κ2) is 7.09. The van der Waals surface area contributed by atoms with E-state index in [0.29, 0.717) is 17.9 Å². The predicted molar refractivity (Wildman–Crippen MR) is 83.8 cm³/mol. The van der Waals surface area contributed by atoms with Gasteiger partial charge < -0.3 is 5.32 Å². The lowest BCUT2D eigenvalue weighted by Crippen LogP contribution is -2.34. The highest BCUT2D eigenvalue weighted by atomic mass is 14.9. The Bertz CT molecular complexity index is 366. The van der Waals surface area contributed by atoms with Crippen LogP contribution < -0.4 is 5.32 Å². The molecule has 19 heavy (non-hydrogen) atoms. The van der Waals surface area contributed by atoms with Crippen LogP contribution >= 0.6 is 0 Å². The third-order valence-corrected chi connectivity index (χ3v) is 4.51. The molecule has 1 nitrogen and oxygen atoms in total. The molecular formula is C18H29N. The van der Waals surface area contributed by atoms with E-state index in [1.54, 1.807) is 0 Å². The zero-order chi connectivity index (χ0) is 13.7. The highest BCUT2D eigenvalue weighted by Gasteiger charge is 2.24. The van der Waals surface area contributed by atoms with Crippen LogP contribution in [0.4, 0.5) is 0 Å². The van der Waals surface area contributed by atoms with E-state index in [2.05, 4.69) is 50.4 Å². The summed E-state index contributed by atoms with van der Waals surface area (Å²) in [6.07, 6.45) is 6.86. The van der Waals surface area contributed by atoms with Crippen molar-refractivity contribution < 1.29 is 0 Å². The lowest BCUT2D eigenvalue weighted by atomic mass is 9.86. The number of rotatable bonds is 4. The van der Waals surface area contributed by atoms with E-state index in [1.807, 2.05) is 0 Å². The second-order valence-electron chi connectivity index (χ2n) is 6.23. The first kappa shape index (κ1) is 14.6. The van der Waals surface area contributed by atoms with Crippen LogP contribution in [0.2, 0.25) is 0 Å². The minimum absolute atomic E-state index is 0.632. The van der Waals surface area contributed by atoms with Gasteiger partial charge in [-0.1, -0.05) is 64.3 Å². The van der Waals surface area contributed by atoms with E-state index >= 15 is 0 Å². The molecule has 0 bridgehead atoms. The summed E-state index contributed by atoms with van der Waals surface area (Å²) in [6, 6.07) is 10.1. The van der Waals surface area contributed by atoms with E-state index in [4.69, 9.17) is 0 Å². The largest absolute Gasteiger partial charge is 0.314 e. The molecule has 0 amide bonds. The number of likely N-dealkylation sites (N-methyl/N-ethyl adjacent to an activating group) is 1. The summed E-state index contributed by atoms with van der Waals surface area (Å²) in [4.78, 5) is 0. The molecule has 2 unspecified atom stereocenters. The first-order valence-electron chi connectivity index (χ1n) is 8.05. The summed E-state index contributed by atoms with van der Waals surface area (Å²) in [5.74, 6) is 1.34. The molecule has 1 aromatic carbocycles. The summed E-state index contributed by atoms with van der Waals surface area (Å²) in [5, 5.41) is 3.71. The van der Waals surface area contributed by atoms with Gasteiger partial charge in [-0.2, -0.15) is 0 Å². The highest BCUT2D eigenvalue weighted by Crippen LogP contribution is 2.32. The van der Waals surface area contributed by atoms with E-state index < -0.39 is 0 Å². The number of hydrogen-bond donors (Lipinski definition) is 1. The van der Waals surface area contributed by atoms with Crippen molar-refractivity contribution in [3.8, 4) is 0 Å². The van der Waals surface area contributed by atoms with E-state index in [1.165, 1.54) is 43.2 Å². The molecule has 0 aliphatic heterocycles. The average molecular weight is 259 g/mol. The summed E-state index contributed by atoms with van der Waals surface area (Å²) in [6.45, 7) is 7.85. The zero-order valence-electron chi connectivity index (χ0n) is 12.8. The summed E-state index contributed by atoms with van der Waals surface area (Å²) >= 11 is 0. The molecule has 0 saturated heterocycles. The Labute approximate surface area is 118 Å². The second-order valence-corrected chi connectivity index (χ2v) is 6.23. The maximum Gasteiger partial charge on any atom is 0.0136 e. The third-order valence-electron chi connectivity index (χ3n) is 4.51. The quantitative estimate of drug-likeness (QED) is 0.763. The number of benzene rings is 1. The predicted octanol–water partition coefficient (Wildman–Crippen LogP) is 4.84. The Morgan fingerprint density at radius 2 is 1.74 bits per heavy atom. The minimum Gasteiger partial charge on any atom is -0.314 e. The smallest absolute Gasteiger partial charge is 0.0136 e. The lowest BCUT2D eigenvalue weighted by Gasteiger charge is -2.26. The van der Waals surface area contributed by atoms with Crippen molar-refractivity contribution in [2.45, 2.75) is 70.8 Å². The van der Waals surface area contributed by atoms with E-state index in [9.17, 15) is 0 Å². The normalized spacial score (nSPS) is 24.4. The van der Waals surface area contributed by atoms with Crippen molar-refractivity contribution in [3.05, 3.63) is 35.4 Å². The highest BCUT2D eigenvalue weighted by molar-refractivity contribution is 5.28. The van der Waals surface area contributed by atoms with Crippen LogP contribution in [0.1, 0.15) is 75.8 Å². The van der Waals surface area contributed by atoms with Crippen molar-refractivity contribution in [1.29, 1.82) is 0 Å². The van der Waals surface area contributed by atoms with Crippen LogP contribution in [0, 0.1) is 0 Å². The topological polar surface area (TPSA) is 12.0 Å². The monoisotopic (exact) mass is 259 g/mol. The molecule has 0 spiro atoms. The molecule has 1 heteroatoms. The number of hydrogen-bond acceptors (Lipinski definition) is 1. The Morgan fingerprint density at radius 1 is 1.05 bits per heavy atom. The molecule has 1 fully saturated rings. The summed E-state index contributed by atoms with van der Waals surface area (Å²) < 4.78 is 0. The maximum atomic E-state index is 3.71. The molecule has 0 radical (unpaired) electrons. The molecule has 1 aliphatic carbocycles. The maximum absolute atomic E-state index is 3.71. The molecule has 2 atom stereocenters. The Hall–Kier alpha value is -0.820. The Kier molecular flexibility index (Phi) is 5.45. The van der Waals surface area contributed by atoms with E-state index in [-0.39, 0.29) is 0 Å². The fourth-order valence-electron chi connectivity index (χ4n) is 3.34. The molecule has 106 valence electrons. The van der Waals surface area contributed by atoms with Crippen LogP contribution in [0.25, 0.3) is 0 Å². The lowest BCUT2D eigenvalue weighted by molar-refractivity contribution is 0.419. The fraction of sp³-hybridized carbons (Fsp3) is 0.667. The van der Waals surface area contributed by atoms with Gasteiger partial charge in [0.05, 0.1) is 0 Å². The Morgan fingerprint density at radius 3 is 2.37 bits per heavy atom. The Balaban J connectivity index is 2.15. The fourth-order valence-corrected chi connectivity index (χ4v) is 3.34.